The molecule has 7 nitrogen and oxygen atoms in total. The zero-order valence-corrected chi connectivity index (χ0v) is 16.0. The third-order valence-electron chi connectivity index (χ3n) is 4.63. The van der Waals surface area contributed by atoms with Gasteiger partial charge in [-0.15, -0.1) is 0 Å². The normalized spacial score (nSPS) is 15.8. The fourth-order valence-electron chi connectivity index (χ4n) is 3.02. The van der Waals surface area contributed by atoms with Crippen molar-refractivity contribution in [2.24, 2.45) is 5.92 Å². The topological polar surface area (TPSA) is 83.6 Å². The number of rotatable bonds is 5. The van der Waals surface area contributed by atoms with Gasteiger partial charge in [0.25, 0.3) is 0 Å². The summed E-state index contributed by atoms with van der Waals surface area (Å²) >= 11 is 1.46. The quantitative estimate of drug-likeness (QED) is 0.824. The van der Waals surface area contributed by atoms with E-state index in [1.807, 2.05) is 31.2 Å². The number of hydrogen-bond acceptors (Lipinski definition) is 5. The summed E-state index contributed by atoms with van der Waals surface area (Å²) in [6.45, 7) is 3.54. The first-order valence-corrected chi connectivity index (χ1v) is 10.0. The standard InChI is InChI=1S/C19H22N4O3S/c1-2-26-15-6-4-3-5-13(15)21-19(25)23-10-9-14-16(11-23)27-18(20-14)22-17(24)12-7-8-12/h3-6,12H,2,7-11H2,1H3,(H,21,25)(H,20,22,24). The van der Waals surface area contributed by atoms with Gasteiger partial charge in [-0.3, -0.25) is 4.79 Å². The van der Waals surface area contributed by atoms with Gasteiger partial charge >= 0.3 is 6.03 Å². The Hall–Kier alpha value is -2.61. The number of anilines is 2. The lowest BCUT2D eigenvalue weighted by Gasteiger charge is -2.26. The number of hydrogen-bond donors (Lipinski definition) is 2. The fourth-order valence-corrected chi connectivity index (χ4v) is 4.05. The van der Waals surface area contributed by atoms with E-state index >= 15 is 0 Å². The van der Waals surface area contributed by atoms with Crippen LogP contribution in [0, 0.1) is 5.92 Å². The number of amides is 3. The van der Waals surface area contributed by atoms with Crippen LogP contribution in [0.25, 0.3) is 0 Å². The summed E-state index contributed by atoms with van der Waals surface area (Å²) in [4.78, 5) is 31.9. The Kier molecular flexibility index (Phi) is 4.98. The molecule has 1 fully saturated rings. The van der Waals surface area contributed by atoms with Crippen LogP contribution in [0.2, 0.25) is 0 Å². The Morgan fingerprint density at radius 1 is 1.30 bits per heavy atom. The molecule has 1 aromatic heterocycles. The van der Waals surface area contributed by atoms with Crippen LogP contribution in [0.4, 0.5) is 15.6 Å². The molecule has 142 valence electrons. The Morgan fingerprint density at radius 3 is 2.89 bits per heavy atom. The van der Waals surface area contributed by atoms with Gasteiger partial charge in [-0.2, -0.15) is 0 Å². The number of benzene rings is 1. The Labute approximate surface area is 161 Å². The SMILES string of the molecule is CCOc1ccccc1NC(=O)N1CCc2nc(NC(=O)C3CC3)sc2C1. The lowest BCUT2D eigenvalue weighted by Crippen LogP contribution is -2.38. The summed E-state index contributed by atoms with van der Waals surface area (Å²) in [7, 11) is 0. The molecule has 1 aliphatic heterocycles. The van der Waals surface area contributed by atoms with E-state index in [1.54, 1.807) is 4.90 Å². The van der Waals surface area contributed by atoms with Gasteiger partial charge in [0, 0.05) is 23.8 Å². The van der Waals surface area contributed by atoms with Crippen LogP contribution in [0.5, 0.6) is 5.75 Å². The molecule has 27 heavy (non-hydrogen) atoms. The first-order valence-electron chi connectivity index (χ1n) is 9.21. The second kappa shape index (κ2) is 7.56. The number of aromatic nitrogens is 1. The molecular formula is C19H22N4O3S. The number of urea groups is 1. The molecule has 1 saturated carbocycles. The highest BCUT2D eigenvalue weighted by molar-refractivity contribution is 7.15. The van der Waals surface area contributed by atoms with Crippen molar-refractivity contribution in [3.05, 3.63) is 34.8 Å². The molecule has 0 atom stereocenters. The van der Waals surface area contributed by atoms with E-state index in [0.29, 0.717) is 42.7 Å². The van der Waals surface area contributed by atoms with E-state index in [4.69, 9.17) is 4.74 Å². The maximum Gasteiger partial charge on any atom is 0.322 e. The maximum atomic E-state index is 12.7. The molecule has 0 saturated heterocycles. The number of nitrogens with zero attached hydrogens (tertiary/aromatic N) is 2. The predicted octanol–water partition coefficient (Wildman–Crippen LogP) is 3.48. The molecule has 3 amide bonds. The number of thiazole rings is 1. The van der Waals surface area contributed by atoms with Crippen molar-refractivity contribution in [3.8, 4) is 5.75 Å². The van der Waals surface area contributed by atoms with E-state index < -0.39 is 0 Å². The van der Waals surface area contributed by atoms with Crippen LogP contribution >= 0.6 is 11.3 Å². The highest BCUT2D eigenvalue weighted by Crippen LogP contribution is 2.33. The van der Waals surface area contributed by atoms with E-state index in [0.717, 1.165) is 23.4 Å². The molecule has 8 heteroatoms. The first kappa shape index (κ1) is 17.8. The Bertz CT molecular complexity index is 862. The largest absolute Gasteiger partial charge is 0.492 e. The molecule has 4 rings (SSSR count). The van der Waals surface area contributed by atoms with Crippen LogP contribution in [0.3, 0.4) is 0 Å². The van der Waals surface area contributed by atoms with Crippen LogP contribution < -0.4 is 15.4 Å². The molecule has 1 aromatic carbocycles. The molecule has 0 bridgehead atoms. The van der Waals surface area contributed by atoms with Gasteiger partial charge in [0.1, 0.15) is 5.75 Å². The van der Waals surface area contributed by atoms with Crippen LogP contribution in [0.1, 0.15) is 30.3 Å². The van der Waals surface area contributed by atoms with Crippen molar-refractivity contribution in [2.75, 3.05) is 23.8 Å². The minimum atomic E-state index is -0.162. The van der Waals surface area contributed by atoms with Crippen molar-refractivity contribution in [1.82, 2.24) is 9.88 Å². The summed E-state index contributed by atoms with van der Waals surface area (Å²) in [6.07, 6.45) is 2.62. The average Bonchev–Trinajstić information content (AvgIpc) is 3.44. The van der Waals surface area contributed by atoms with Crippen LogP contribution in [-0.4, -0.2) is 35.0 Å². The van der Waals surface area contributed by atoms with E-state index in [9.17, 15) is 9.59 Å². The lowest BCUT2D eigenvalue weighted by atomic mass is 10.2. The zero-order valence-electron chi connectivity index (χ0n) is 15.2. The molecule has 0 radical (unpaired) electrons. The highest BCUT2D eigenvalue weighted by Gasteiger charge is 2.31. The fraction of sp³-hybridized carbons (Fsp3) is 0.421. The summed E-state index contributed by atoms with van der Waals surface area (Å²) in [5.41, 5.74) is 1.64. The molecule has 2 N–H and O–H groups in total. The first-order chi connectivity index (χ1) is 13.1. The van der Waals surface area contributed by atoms with Crippen molar-refractivity contribution in [3.63, 3.8) is 0 Å². The van der Waals surface area contributed by atoms with Gasteiger partial charge in [-0.05, 0) is 31.9 Å². The van der Waals surface area contributed by atoms with E-state index in [1.165, 1.54) is 11.3 Å². The van der Waals surface area contributed by atoms with Crippen molar-refractivity contribution in [1.29, 1.82) is 0 Å². The molecule has 0 spiro atoms. The Morgan fingerprint density at radius 2 is 2.11 bits per heavy atom. The van der Waals surface area contributed by atoms with Crippen LogP contribution in [-0.2, 0) is 17.8 Å². The van der Waals surface area contributed by atoms with Crippen LogP contribution in [0.15, 0.2) is 24.3 Å². The Balaban J connectivity index is 1.41. The molecule has 2 aromatic rings. The monoisotopic (exact) mass is 386 g/mol. The number of ether oxygens (including phenoxy) is 1. The van der Waals surface area contributed by atoms with Crippen molar-refractivity contribution >= 4 is 34.1 Å². The number of fused-ring (bicyclic) bond motifs is 1. The van der Waals surface area contributed by atoms with Gasteiger partial charge in [0.2, 0.25) is 5.91 Å². The van der Waals surface area contributed by atoms with Crippen molar-refractivity contribution < 1.29 is 14.3 Å². The molecule has 1 aliphatic carbocycles. The molecule has 0 unspecified atom stereocenters. The van der Waals surface area contributed by atoms with Gasteiger partial charge in [0.15, 0.2) is 5.13 Å². The molecular weight excluding hydrogens is 364 g/mol. The van der Waals surface area contributed by atoms with E-state index in [2.05, 4.69) is 15.6 Å². The predicted molar refractivity (Wildman–Crippen MR) is 104 cm³/mol. The second-order valence-corrected chi connectivity index (χ2v) is 7.77. The lowest BCUT2D eigenvalue weighted by molar-refractivity contribution is -0.117. The maximum absolute atomic E-state index is 12.7. The zero-order chi connectivity index (χ0) is 18.8. The van der Waals surface area contributed by atoms with Gasteiger partial charge in [-0.25, -0.2) is 9.78 Å². The summed E-state index contributed by atoms with van der Waals surface area (Å²) < 4.78 is 5.56. The smallest absolute Gasteiger partial charge is 0.322 e. The highest BCUT2D eigenvalue weighted by atomic mass is 32.1. The van der Waals surface area contributed by atoms with Gasteiger partial charge in [0.05, 0.1) is 24.5 Å². The number of para-hydroxylation sites is 2. The number of carbonyl (C=O) groups excluding carboxylic acids is 2. The van der Waals surface area contributed by atoms with Gasteiger partial charge < -0.3 is 20.3 Å². The van der Waals surface area contributed by atoms with Crippen molar-refractivity contribution in [2.45, 2.75) is 32.7 Å². The molecule has 2 aliphatic rings. The third-order valence-corrected chi connectivity index (χ3v) is 5.62. The van der Waals surface area contributed by atoms with E-state index in [-0.39, 0.29) is 17.9 Å². The average molecular weight is 386 g/mol. The van der Waals surface area contributed by atoms with Gasteiger partial charge in [-0.1, -0.05) is 23.5 Å². The summed E-state index contributed by atoms with van der Waals surface area (Å²) in [6, 6.07) is 7.25. The second-order valence-electron chi connectivity index (χ2n) is 6.68. The third kappa shape index (κ3) is 4.05. The summed E-state index contributed by atoms with van der Waals surface area (Å²) in [5.74, 6) is 0.871. The summed E-state index contributed by atoms with van der Waals surface area (Å²) in [5, 5.41) is 6.47. The number of nitrogens with one attached hydrogen (secondary N) is 2. The number of carbonyl (C=O) groups is 2. The minimum absolute atomic E-state index is 0.0585. The molecule has 2 heterocycles. The minimum Gasteiger partial charge on any atom is -0.492 e.